The van der Waals surface area contributed by atoms with E-state index in [2.05, 4.69) is 20.1 Å². The highest BCUT2D eigenvalue weighted by Gasteiger charge is 2.13. The van der Waals surface area contributed by atoms with Crippen molar-refractivity contribution in [3.63, 3.8) is 0 Å². The maximum atomic E-state index is 6.95. The Balaban J connectivity index is 3.26. The standard InChI is InChI=1S/C37H77ClS/c1-4-6-8-10-12-14-16-18-20-22-24-26-28-30-32-34-36-39(3,38)37-35-33-31-29-27-25-23-21-19-17-15-13-11-9-7-5-2/h4-37H2,1-3H3. The molecule has 0 aliphatic heterocycles. The van der Waals surface area contributed by atoms with E-state index in [4.69, 9.17) is 10.7 Å². The summed E-state index contributed by atoms with van der Waals surface area (Å²) in [5, 5.41) is 0. The highest BCUT2D eigenvalue weighted by molar-refractivity contribution is 8.50. The van der Waals surface area contributed by atoms with Crippen molar-refractivity contribution in [2.24, 2.45) is 0 Å². The van der Waals surface area contributed by atoms with E-state index in [1.807, 2.05) is 0 Å². The van der Waals surface area contributed by atoms with Crippen LogP contribution in [-0.4, -0.2) is 17.8 Å². The molecule has 0 rings (SSSR count). The molecule has 0 aromatic rings. The largest absolute Gasteiger partial charge is 0.166 e. The molecular weight excluding hydrogens is 512 g/mol. The topological polar surface area (TPSA) is 0 Å². The Morgan fingerprint density at radius 1 is 0.282 bits per heavy atom. The van der Waals surface area contributed by atoms with E-state index >= 15 is 0 Å². The number of unbranched alkanes of at least 4 members (excludes halogenated alkanes) is 30. The highest BCUT2D eigenvalue weighted by atomic mass is 35.7. The van der Waals surface area contributed by atoms with E-state index in [0.717, 1.165) is 0 Å². The quantitative estimate of drug-likeness (QED) is 0.0655. The molecule has 0 bridgehead atoms. The van der Waals surface area contributed by atoms with Gasteiger partial charge in [0.25, 0.3) is 0 Å². The van der Waals surface area contributed by atoms with Crippen molar-refractivity contribution in [2.75, 3.05) is 17.8 Å². The second-order valence-electron chi connectivity index (χ2n) is 13.2. The lowest BCUT2D eigenvalue weighted by Gasteiger charge is -2.28. The van der Waals surface area contributed by atoms with Gasteiger partial charge in [-0.1, -0.05) is 217 Å². The average molecular weight is 590 g/mol. The van der Waals surface area contributed by atoms with E-state index in [9.17, 15) is 0 Å². The molecule has 0 fully saturated rings. The smallest absolute Gasteiger partial charge is 0.0103 e. The van der Waals surface area contributed by atoms with Crippen LogP contribution in [0, 0.1) is 0 Å². The third kappa shape index (κ3) is 34.7. The zero-order valence-corrected chi connectivity index (χ0v) is 29.4. The molecule has 0 N–H and O–H groups in total. The van der Waals surface area contributed by atoms with Gasteiger partial charge in [0, 0.05) is 0 Å². The Morgan fingerprint density at radius 3 is 0.615 bits per heavy atom. The fraction of sp³-hybridized carbons (Fsp3) is 1.00. The van der Waals surface area contributed by atoms with Gasteiger partial charge in [0.05, 0.1) is 0 Å². The first-order chi connectivity index (χ1) is 19.1. The van der Waals surface area contributed by atoms with Crippen molar-refractivity contribution in [2.45, 2.75) is 219 Å². The summed E-state index contributed by atoms with van der Waals surface area (Å²) in [6.45, 7) is 4.61. The summed E-state index contributed by atoms with van der Waals surface area (Å²) in [7, 11) is 6.10. The van der Waals surface area contributed by atoms with Crippen LogP contribution < -0.4 is 0 Å². The Morgan fingerprint density at radius 2 is 0.436 bits per heavy atom. The SMILES string of the molecule is CCCCCCCCCCCCCCCCCCS(C)(Cl)CCCCCCCCCCCCCCCCCC. The van der Waals surface area contributed by atoms with Crippen LogP contribution in [0.3, 0.4) is 0 Å². The molecule has 0 heterocycles. The number of hydrogen-bond acceptors (Lipinski definition) is 0. The van der Waals surface area contributed by atoms with Crippen LogP contribution in [-0.2, 0) is 0 Å². The number of hydrogen-bond donors (Lipinski definition) is 0. The van der Waals surface area contributed by atoms with Crippen LogP contribution in [0.25, 0.3) is 0 Å². The monoisotopic (exact) mass is 589 g/mol. The molecule has 0 saturated carbocycles. The van der Waals surface area contributed by atoms with Crippen LogP contribution in [0.5, 0.6) is 0 Å². The van der Waals surface area contributed by atoms with Crippen molar-refractivity contribution in [3.05, 3.63) is 0 Å². The fourth-order valence-corrected chi connectivity index (χ4v) is 8.48. The summed E-state index contributed by atoms with van der Waals surface area (Å²) in [4.78, 5) is 0. The normalized spacial score (nSPS) is 12.4. The summed E-state index contributed by atoms with van der Waals surface area (Å²) in [5.41, 5.74) is 0. The van der Waals surface area contributed by atoms with Crippen molar-refractivity contribution in [1.29, 1.82) is 0 Å². The van der Waals surface area contributed by atoms with E-state index in [1.165, 1.54) is 217 Å². The average Bonchev–Trinajstić information content (AvgIpc) is 2.92. The van der Waals surface area contributed by atoms with Crippen LogP contribution in [0.2, 0.25) is 0 Å². The third-order valence-electron chi connectivity index (χ3n) is 8.85. The number of halogens is 1. The minimum Gasteiger partial charge on any atom is -0.166 e. The Labute approximate surface area is 256 Å². The molecule has 0 nitrogen and oxygen atoms in total. The van der Waals surface area contributed by atoms with Gasteiger partial charge in [-0.3, -0.25) is 0 Å². The predicted molar refractivity (Wildman–Crippen MR) is 188 cm³/mol. The van der Waals surface area contributed by atoms with Crippen molar-refractivity contribution >= 4 is 19.9 Å². The van der Waals surface area contributed by atoms with Crippen molar-refractivity contribution in [3.8, 4) is 0 Å². The molecule has 0 unspecified atom stereocenters. The second-order valence-corrected chi connectivity index (χ2v) is 18.5. The Kier molecular flexibility index (Phi) is 33.7. The van der Waals surface area contributed by atoms with Gasteiger partial charge in [-0.25, -0.2) is 0 Å². The minimum absolute atomic E-state index is 0.848. The lowest BCUT2D eigenvalue weighted by molar-refractivity contribution is 0.531. The van der Waals surface area contributed by atoms with Crippen molar-refractivity contribution < 1.29 is 0 Å². The minimum atomic E-state index is -0.848. The zero-order chi connectivity index (χ0) is 28.5. The summed E-state index contributed by atoms with van der Waals surface area (Å²) in [6, 6.07) is 0. The van der Waals surface area contributed by atoms with Crippen LogP contribution >= 0.6 is 19.9 Å². The van der Waals surface area contributed by atoms with Gasteiger partial charge >= 0.3 is 0 Å². The van der Waals surface area contributed by atoms with Gasteiger partial charge in [0.15, 0.2) is 0 Å². The van der Waals surface area contributed by atoms with Crippen LogP contribution in [0.1, 0.15) is 219 Å². The molecule has 0 aromatic heterocycles. The van der Waals surface area contributed by atoms with Gasteiger partial charge in [-0.2, -0.15) is 9.24 Å². The summed E-state index contributed by atoms with van der Waals surface area (Å²) in [5.74, 6) is 2.59. The molecular formula is C37H77ClS. The second kappa shape index (κ2) is 33.1. The maximum absolute atomic E-state index is 6.95. The molecule has 0 saturated heterocycles. The van der Waals surface area contributed by atoms with Gasteiger partial charge in [-0.05, 0) is 30.6 Å². The van der Waals surface area contributed by atoms with E-state index in [1.54, 1.807) is 0 Å². The summed E-state index contributed by atoms with van der Waals surface area (Å²) in [6.07, 6.45) is 48.7. The molecule has 0 amide bonds. The Hall–Kier alpha value is 0.640. The molecule has 2 heteroatoms. The molecule has 0 atom stereocenters. The molecule has 0 aromatic carbocycles. The van der Waals surface area contributed by atoms with Crippen LogP contribution in [0.15, 0.2) is 0 Å². The summed E-state index contributed by atoms with van der Waals surface area (Å²) < 4.78 is 0. The third-order valence-corrected chi connectivity index (χ3v) is 12.1. The highest BCUT2D eigenvalue weighted by Crippen LogP contribution is 2.51. The first kappa shape index (κ1) is 39.6. The van der Waals surface area contributed by atoms with Gasteiger partial charge in [0.1, 0.15) is 0 Å². The molecule has 0 aliphatic carbocycles. The first-order valence-electron chi connectivity index (χ1n) is 18.6. The van der Waals surface area contributed by atoms with Crippen molar-refractivity contribution in [1.82, 2.24) is 0 Å². The van der Waals surface area contributed by atoms with E-state index in [0.29, 0.717) is 0 Å². The Bertz CT molecular complexity index is 397. The molecule has 0 aliphatic rings. The van der Waals surface area contributed by atoms with Gasteiger partial charge < -0.3 is 0 Å². The fourth-order valence-electron chi connectivity index (χ4n) is 6.00. The van der Waals surface area contributed by atoms with E-state index in [-0.39, 0.29) is 0 Å². The molecule has 0 spiro atoms. The summed E-state index contributed by atoms with van der Waals surface area (Å²) >= 11 is 0. The zero-order valence-electron chi connectivity index (χ0n) is 27.8. The first-order valence-corrected chi connectivity index (χ1v) is 21.8. The predicted octanol–water partition coefficient (Wildman–Crippen LogP) is 15.1. The van der Waals surface area contributed by atoms with Crippen LogP contribution in [0.4, 0.5) is 0 Å². The molecule has 0 radical (unpaired) electrons. The lowest BCUT2D eigenvalue weighted by Crippen LogP contribution is -2.02. The maximum Gasteiger partial charge on any atom is -0.0103 e. The van der Waals surface area contributed by atoms with Gasteiger partial charge in [0.2, 0.25) is 0 Å². The lowest BCUT2D eigenvalue weighted by atomic mass is 10.0. The van der Waals surface area contributed by atoms with E-state index < -0.39 is 9.24 Å². The number of rotatable bonds is 34. The van der Waals surface area contributed by atoms with Gasteiger partial charge in [-0.15, -0.1) is 0 Å². The molecule has 238 valence electrons. The molecule has 39 heavy (non-hydrogen) atoms.